The van der Waals surface area contributed by atoms with Crippen LogP contribution >= 0.6 is 12.4 Å². The summed E-state index contributed by atoms with van der Waals surface area (Å²) in [6.45, 7) is 0.497. The minimum Gasteiger partial charge on any atom is -0.497 e. The molecule has 2 aromatic rings. The number of halogens is 1. The quantitative estimate of drug-likeness (QED) is 0.690. The van der Waals surface area contributed by atoms with Crippen LogP contribution in [0.4, 0.5) is 5.69 Å². The Morgan fingerprint density at radius 2 is 1.90 bits per heavy atom. The Morgan fingerprint density at radius 1 is 1.24 bits per heavy atom. The number of carbonyl (C=O) groups is 2. The predicted molar refractivity (Wildman–Crippen MR) is 111 cm³/mol. The summed E-state index contributed by atoms with van der Waals surface area (Å²) >= 11 is 0. The van der Waals surface area contributed by atoms with Crippen LogP contribution < -0.4 is 25.0 Å². The highest BCUT2D eigenvalue weighted by molar-refractivity contribution is 6.02. The van der Waals surface area contributed by atoms with Crippen LogP contribution in [0.15, 0.2) is 30.6 Å². The lowest BCUT2D eigenvalue weighted by Gasteiger charge is -2.20. The molecule has 2 N–H and O–H groups in total. The standard InChI is InChI=1S/C19H25N5O4.ClH/c1-20-17(12-10-21-23(2)11-12)18(25)22-16-5-6-24(19(16)26)13-7-14(27-3)9-15(8-13)28-4;/h7-11,16-17,20H,5-6H2,1-4H3,(H,22,25);1H. The largest absolute Gasteiger partial charge is 0.497 e. The van der Waals surface area contributed by atoms with E-state index in [0.29, 0.717) is 30.2 Å². The Morgan fingerprint density at radius 3 is 2.41 bits per heavy atom. The van der Waals surface area contributed by atoms with Crippen molar-refractivity contribution in [1.82, 2.24) is 20.4 Å². The van der Waals surface area contributed by atoms with Crippen molar-refractivity contribution < 1.29 is 19.1 Å². The molecule has 0 aliphatic carbocycles. The highest BCUT2D eigenvalue weighted by Crippen LogP contribution is 2.31. The number of nitrogens with one attached hydrogen (secondary N) is 2. The number of aryl methyl sites for hydroxylation is 1. The number of rotatable bonds is 7. The molecule has 2 heterocycles. The maximum Gasteiger partial charge on any atom is 0.249 e. The molecule has 2 unspecified atom stereocenters. The molecule has 1 fully saturated rings. The van der Waals surface area contributed by atoms with Crippen LogP contribution in [0.5, 0.6) is 11.5 Å². The van der Waals surface area contributed by atoms with Crippen LogP contribution in [0.25, 0.3) is 0 Å². The first-order valence-corrected chi connectivity index (χ1v) is 8.97. The molecule has 158 valence electrons. The molecule has 0 spiro atoms. The first-order valence-electron chi connectivity index (χ1n) is 8.97. The fraction of sp³-hybridized carbons (Fsp3) is 0.421. The van der Waals surface area contributed by atoms with Gasteiger partial charge in [-0.1, -0.05) is 0 Å². The Hall–Kier alpha value is -2.78. The van der Waals surface area contributed by atoms with E-state index < -0.39 is 12.1 Å². The Labute approximate surface area is 175 Å². The summed E-state index contributed by atoms with van der Waals surface area (Å²) in [5, 5.41) is 9.92. The lowest BCUT2D eigenvalue weighted by Crippen LogP contribution is -2.45. The second-order valence-electron chi connectivity index (χ2n) is 6.58. The minimum absolute atomic E-state index is 0. The number of carbonyl (C=O) groups excluding carboxylic acids is 2. The smallest absolute Gasteiger partial charge is 0.249 e. The number of benzene rings is 1. The zero-order valence-corrected chi connectivity index (χ0v) is 17.7. The second kappa shape index (κ2) is 9.62. The first kappa shape index (κ1) is 22.5. The third kappa shape index (κ3) is 4.80. The third-order valence-corrected chi connectivity index (χ3v) is 4.78. The van der Waals surface area contributed by atoms with Crippen LogP contribution in [0.1, 0.15) is 18.0 Å². The fourth-order valence-electron chi connectivity index (χ4n) is 3.31. The van der Waals surface area contributed by atoms with Gasteiger partial charge in [-0.25, -0.2) is 0 Å². The van der Waals surface area contributed by atoms with Crippen molar-refractivity contribution in [1.29, 1.82) is 0 Å². The number of anilines is 1. The Bertz CT molecular complexity index is 850. The number of methoxy groups -OCH3 is 2. The Balaban J connectivity index is 0.00000300. The fourth-order valence-corrected chi connectivity index (χ4v) is 3.31. The van der Waals surface area contributed by atoms with Gasteiger partial charge in [-0.2, -0.15) is 5.10 Å². The molecule has 1 aliphatic heterocycles. The third-order valence-electron chi connectivity index (χ3n) is 4.78. The molecular weight excluding hydrogens is 398 g/mol. The molecule has 0 radical (unpaired) electrons. The molecule has 3 rings (SSSR count). The maximum absolute atomic E-state index is 12.9. The van der Waals surface area contributed by atoms with Crippen molar-refractivity contribution in [3.05, 3.63) is 36.2 Å². The Kier molecular flexibility index (Phi) is 7.46. The van der Waals surface area contributed by atoms with Crippen LogP contribution in [-0.4, -0.2) is 55.4 Å². The van der Waals surface area contributed by atoms with Crippen molar-refractivity contribution in [2.45, 2.75) is 18.5 Å². The molecule has 1 aliphatic rings. The highest BCUT2D eigenvalue weighted by Gasteiger charge is 2.35. The molecular formula is C19H26ClN5O4. The van der Waals surface area contributed by atoms with E-state index in [9.17, 15) is 9.59 Å². The summed E-state index contributed by atoms with van der Waals surface area (Å²) in [4.78, 5) is 27.2. The van der Waals surface area contributed by atoms with E-state index in [1.54, 1.807) is 68.5 Å². The van der Waals surface area contributed by atoms with Crippen molar-refractivity contribution in [2.75, 3.05) is 32.7 Å². The summed E-state index contributed by atoms with van der Waals surface area (Å²) in [5.41, 5.74) is 1.41. The van der Waals surface area contributed by atoms with Gasteiger partial charge in [0, 0.05) is 43.6 Å². The summed E-state index contributed by atoms with van der Waals surface area (Å²) < 4.78 is 12.2. The first-order chi connectivity index (χ1) is 13.5. The van der Waals surface area contributed by atoms with Gasteiger partial charge in [-0.05, 0) is 13.5 Å². The molecule has 1 aromatic carbocycles. The minimum atomic E-state index is -0.586. The number of aromatic nitrogens is 2. The summed E-state index contributed by atoms with van der Waals surface area (Å²) in [5.74, 6) is 0.770. The number of hydrogen-bond donors (Lipinski definition) is 2. The van der Waals surface area contributed by atoms with Crippen molar-refractivity contribution >= 4 is 29.9 Å². The molecule has 29 heavy (non-hydrogen) atoms. The zero-order valence-electron chi connectivity index (χ0n) is 16.8. The summed E-state index contributed by atoms with van der Waals surface area (Å²) in [6.07, 6.45) is 3.92. The van der Waals surface area contributed by atoms with E-state index in [-0.39, 0.29) is 24.2 Å². The molecule has 0 saturated carbocycles. The lowest BCUT2D eigenvalue weighted by atomic mass is 10.1. The highest BCUT2D eigenvalue weighted by atomic mass is 35.5. The van der Waals surface area contributed by atoms with Gasteiger partial charge in [0.1, 0.15) is 23.6 Å². The number of amides is 2. The summed E-state index contributed by atoms with van der Waals surface area (Å²) in [7, 11) is 6.60. The van der Waals surface area contributed by atoms with Crippen LogP contribution in [-0.2, 0) is 16.6 Å². The topological polar surface area (TPSA) is 97.7 Å². The van der Waals surface area contributed by atoms with Crippen LogP contribution in [0.2, 0.25) is 0 Å². The van der Waals surface area contributed by atoms with Gasteiger partial charge < -0.3 is 25.0 Å². The van der Waals surface area contributed by atoms with E-state index in [0.717, 1.165) is 5.56 Å². The second-order valence-corrected chi connectivity index (χ2v) is 6.58. The van der Waals surface area contributed by atoms with E-state index >= 15 is 0 Å². The normalized spacial score (nSPS) is 16.9. The van der Waals surface area contributed by atoms with Gasteiger partial charge in [0.05, 0.1) is 26.1 Å². The van der Waals surface area contributed by atoms with E-state index in [1.807, 2.05) is 0 Å². The van der Waals surface area contributed by atoms with Crippen molar-refractivity contribution in [3.8, 4) is 11.5 Å². The molecule has 1 aromatic heterocycles. The van der Waals surface area contributed by atoms with Crippen molar-refractivity contribution in [3.63, 3.8) is 0 Å². The SMILES string of the molecule is CNC(C(=O)NC1CCN(c2cc(OC)cc(OC)c2)C1=O)c1cnn(C)c1.Cl. The van der Waals surface area contributed by atoms with E-state index in [2.05, 4.69) is 15.7 Å². The average molecular weight is 424 g/mol. The number of nitrogens with zero attached hydrogens (tertiary/aromatic N) is 3. The van der Waals surface area contributed by atoms with E-state index in [4.69, 9.17) is 9.47 Å². The van der Waals surface area contributed by atoms with Gasteiger partial charge in [0.2, 0.25) is 11.8 Å². The predicted octanol–water partition coefficient (Wildman–Crippen LogP) is 1.04. The van der Waals surface area contributed by atoms with Crippen LogP contribution in [0.3, 0.4) is 0 Å². The molecule has 1 saturated heterocycles. The van der Waals surface area contributed by atoms with Gasteiger partial charge in [0.25, 0.3) is 0 Å². The van der Waals surface area contributed by atoms with Gasteiger partial charge >= 0.3 is 0 Å². The van der Waals surface area contributed by atoms with Crippen molar-refractivity contribution in [2.24, 2.45) is 7.05 Å². The monoisotopic (exact) mass is 423 g/mol. The zero-order chi connectivity index (χ0) is 20.3. The molecule has 2 amide bonds. The van der Waals surface area contributed by atoms with E-state index in [1.165, 1.54) is 0 Å². The number of likely N-dealkylation sites (N-methyl/N-ethyl adjacent to an activating group) is 1. The number of ether oxygens (including phenoxy) is 2. The molecule has 2 atom stereocenters. The molecule has 9 nitrogen and oxygen atoms in total. The van der Waals surface area contributed by atoms with Crippen LogP contribution in [0, 0.1) is 0 Å². The van der Waals surface area contributed by atoms with Gasteiger partial charge in [-0.3, -0.25) is 14.3 Å². The average Bonchev–Trinajstić information content (AvgIpc) is 3.28. The molecule has 10 heteroatoms. The maximum atomic E-state index is 12.9. The molecule has 0 bridgehead atoms. The lowest BCUT2D eigenvalue weighted by molar-refractivity contribution is -0.127. The summed E-state index contributed by atoms with van der Waals surface area (Å²) in [6, 6.07) is 4.13. The van der Waals surface area contributed by atoms with Gasteiger partial charge in [-0.15, -0.1) is 12.4 Å². The van der Waals surface area contributed by atoms with Gasteiger partial charge in [0.15, 0.2) is 0 Å². The number of hydrogen-bond acceptors (Lipinski definition) is 6.